The highest BCUT2D eigenvalue weighted by atomic mass is 32.2. The van der Waals surface area contributed by atoms with Crippen LogP contribution in [0.5, 0.6) is 0 Å². The first kappa shape index (κ1) is 18.5. The topological polar surface area (TPSA) is 59.8 Å². The van der Waals surface area contributed by atoms with Gasteiger partial charge in [-0.2, -0.15) is 0 Å². The van der Waals surface area contributed by atoms with E-state index in [2.05, 4.69) is 35.4 Å². The number of hydrogen-bond acceptors (Lipinski definition) is 4. The predicted molar refractivity (Wildman–Crippen MR) is 99.1 cm³/mol. The summed E-state index contributed by atoms with van der Waals surface area (Å²) in [6.07, 6.45) is 4.66. The molecule has 1 amide bonds. The van der Waals surface area contributed by atoms with Crippen LogP contribution in [0.4, 0.5) is 0 Å². The van der Waals surface area contributed by atoms with Gasteiger partial charge in [0.15, 0.2) is 11.0 Å². The third-order valence-corrected chi connectivity index (χ3v) is 4.93. The molecule has 2 aromatic rings. The molecule has 2 rings (SSSR count). The van der Waals surface area contributed by atoms with Crippen LogP contribution < -0.4 is 5.32 Å². The largest absolute Gasteiger partial charge is 0.355 e. The number of nitrogens with zero attached hydrogens (tertiary/aromatic N) is 3. The molecule has 0 bridgehead atoms. The van der Waals surface area contributed by atoms with Gasteiger partial charge < -0.3 is 9.88 Å². The Kier molecular flexibility index (Phi) is 7.31. The van der Waals surface area contributed by atoms with Crippen LogP contribution in [0.2, 0.25) is 0 Å². The first-order valence-corrected chi connectivity index (χ1v) is 9.47. The summed E-state index contributed by atoms with van der Waals surface area (Å²) in [5.74, 6) is 1.25. The van der Waals surface area contributed by atoms with Crippen molar-refractivity contribution in [3.63, 3.8) is 0 Å². The van der Waals surface area contributed by atoms with Crippen LogP contribution in [0.3, 0.4) is 0 Å². The molecule has 0 aliphatic rings. The molecular formula is C18H26N4OS. The molecule has 0 radical (unpaired) electrons. The van der Waals surface area contributed by atoms with Crippen LogP contribution in [0.15, 0.2) is 29.4 Å². The van der Waals surface area contributed by atoms with Gasteiger partial charge >= 0.3 is 0 Å². The number of hydrogen-bond donors (Lipinski definition) is 1. The van der Waals surface area contributed by atoms with Crippen molar-refractivity contribution in [3.05, 3.63) is 29.8 Å². The predicted octanol–water partition coefficient (Wildman–Crippen LogP) is 3.58. The Morgan fingerprint density at radius 2 is 2.00 bits per heavy atom. The zero-order valence-corrected chi connectivity index (χ0v) is 15.5. The van der Waals surface area contributed by atoms with Gasteiger partial charge in [0, 0.05) is 19.2 Å². The third kappa shape index (κ3) is 5.09. The summed E-state index contributed by atoms with van der Waals surface area (Å²) in [5.41, 5.74) is 2.23. The molecule has 0 aliphatic carbocycles. The summed E-state index contributed by atoms with van der Waals surface area (Å²) < 4.78 is 1.95. The van der Waals surface area contributed by atoms with Crippen molar-refractivity contribution in [2.24, 2.45) is 7.05 Å². The van der Waals surface area contributed by atoms with Crippen LogP contribution in [0.1, 0.15) is 38.2 Å². The van der Waals surface area contributed by atoms with E-state index in [-0.39, 0.29) is 5.91 Å². The lowest BCUT2D eigenvalue weighted by atomic mass is 10.1. The van der Waals surface area contributed by atoms with Gasteiger partial charge in [0.05, 0.1) is 5.75 Å². The summed E-state index contributed by atoms with van der Waals surface area (Å²) in [5, 5.41) is 12.2. The van der Waals surface area contributed by atoms with E-state index < -0.39 is 0 Å². The second-order valence-electron chi connectivity index (χ2n) is 5.88. The minimum atomic E-state index is 0.0527. The standard InChI is InChI=1S/C18H26N4OS/c1-4-5-6-9-12-19-16(23)13-24-18-21-20-17(22(18)3)15-11-8-7-10-14(15)2/h7-8,10-11H,4-6,9,12-13H2,1-3H3,(H,19,23). The molecule has 0 atom stereocenters. The summed E-state index contributed by atoms with van der Waals surface area (Å²) in [4.78, 5) is 11.9. The lowest BCUT2D eigenvalue weighted by Gasteiger charge is -2.07. The van der Waals surface area contributed by atoms with Gasteiger partial charge in [0.25, 0.3) is 0 Å². The van der Waals surface area contributed by atoms with Gasteiger partial charge in [-0.1, -0.05) is 62.2 Å². The Morgan fingerprint density at radius 3 is 2.75 bits per heavy atom. The summed E-state index contributed by atoms with van der Waals surface area (Å²) in [6, 6.07) is 8.10. The monoisotopic (exact) mass is 346 g/mol. The zero-order valence-electron chi connectivity index (χ0n) is 14.7. The van der Waals surface area contributed by atoms with Gasteiger partial charge in [-0.15, -0.1) is 10.2 Å². The molecule has 0 unspecified atom stereocenters. The lowest BCUT2D eigenvalue weighted by Crippen LogP contribution is -2.26. The fourth-order valence-corrected chi connectivity index (χ4v) is 3.20. The highest BCUT2D eigenvalue weighted by Gasteiger charge is 2.13. The normalized spacial score (nSPS) is 10.8. The van der Waals surface area contributed by atoms with Gasteiger partial charge in [-0.25, -0.2) is 0 Å². The molecule has 0 saturated heterocycles. The van der Waals surface area contributed by atoms with E-state index in [1.54, 1.807) is 0 Å². The highest BCUT2D eigenvalue weighted by Crippen LogP contribution is 2.24. The number of aryl methyl sites for hydroxylation is 1. The number of nitrogens with one attached hydrogen (secondary N) is 1. The van der Waals surface area contributed by atoms with Crippen molar-refractivity contribution in [1.82, 2.24) is 20.1 Å². The van der Waals surface area contributed by atoms with Crippen LogP contribution >= 0.6 is 11.8 Å². The maximum atomic E-state index is 11.9. The minimum absolute atomic E-state index is 0.0527. The first-order chi connectivity index (χ1) is 11.6. The van der Waals surface area contributed by atoms with E-state index in [0.717, 1.165) is 35.1 Å². The van der Waals surface area contributed by atoms with Crippen LogP contribution in [0, 0.1) is 6.92 Å². The number of aromatic nitrogens is 3. The summed E-state index contributed by atoms with van der Waals surface area (Å²) >= 11 is 1.42. The molecule has 5 nitrogen and oxygen atoms in total. The molecule has 130 valence electrons. The summed E-state index contributed by atoms with van der Waals surface area (Å²) in [6.45, 7) is 5.00. The van der Waals surface area contributed by atoms with Crippen molar-refractivity contribution in [2.45, 2.75) is 44.7 Å². The van der Waals surface area contributed by atoms with Crippen molar-refractivity contribution in [3.8, 4) is 11.4 Å². The van der Waals surface area contributed by atoms with Crippen LogP contribution in [-0.2, 0) is 11.8 Å². The third-order valence-electron chi connectivity index (χ3n) is 3.91. The number of amides is 1. The maximum Gasteiger partial charge on any atom is 0.230 e. The molecule has 0 fully saturated rings. The first-order valence-electron chi connectivity index (χ1n) is 8.48. The van der Waals surface area contributed by atoms with E-state index in [1.165, 1.54) is 31.0 Å². The van der Waals surface area contributed by atoms with E-state index in [4.69, 9.17) is 0 Å². The van der Waals surface area contributed by atoms with E-state index in [9.17, 15) is 4.79 Å². The molecule has 1 aromatic heterocycles. The van der Waals surface area contributed by atoms with Crippen molar-refractivity contribution < 1.29 is 4.79 Å². The molecule has 1 N–H and O–H groups in total. The number of carbonyl (C=O) groups excluding carboxylic acids is 1. The number of rotatable bonds is 9. The average molecular weight is 347 g/mol. The SMILES string of the molecule is CCCCCCNC(=O)CSc1nnc(-c2ccccc2C)n1C. The fraction of sp³-hybridized carbons (Fsp3) is 0.500. The number of benzene rings is 1. The average Bonchev–Trinajstić information content (AvgIpc) is 2.94. The van der Waals surface area contributed by atoms with E-state index >= 15 is 0 Å². The van der Waals surface area contributed by atoms with Gasteiger partial charge in [-0.3, -0.25) is 4.79 Å². The van der Waals surface area contributed by atoms with Crippen molar-refractivity contribution in [1.29, 1.82) is 0 Å². The Balaban J connectivity index is 1.86. The fourth-order valence-electron chi connectivity index (χ4n) is 2.46. The molecule has 0 spiro atoms. The van der Waals surface area contributed by atoms with Crippen molar-refractivity contribution >= 4 is 17.7 Å². The molecule has 24 heavy (non-hydrogen) atoms. The number of unbranched alkanes of at least 4 members (excludes halogenated alkanes) is 3. The number of thioether (sulfide) groups is 1. The quantitative estimate of drug-likeness (QED) is 0.557. The zero-order chi connectivity index (χ0) is 17.4. The maximum absolute atomic E-state index is 11.9. The highest BCUT2D eigenvalue weighted by molar-refractivity contribution is 7.99. The lowest BCUT2D eigenvalue weighted by molar-refractivity contribution is -0.118. The Morgan fingerprint density at radius 1 is 1.21 bits per heavy atom. The van der Waals surface area contributed by atoms with Crippen LogP contribution in [0.25, 0.3) is 11.4 Å². The molecule has 1 heterocycles. The summed E-state index contributed by atoms with van der Waals surface area (Å²) in [7, 11) is 1.94. The van der Waals surface area contributed by atoms with Crippen LogP contribution in [-0.4, -0.2) is 33.0 Å². The molecule has 1 aromatic carbocycles. The Labute approximate surface area is 148 Å². The molecule has 6 heteroatoms. The Bertz CT molecular complexity index is 669. The van der Waals surface area contributed by atoms with Gasteiger partial charge in [0.1, 0.15) is 0 Å². The smallest absolute Gasteiger partial charge is 0.230 e. The molecule has 0 saturated carbocycles. The molecular weight excluding hydrogens is 320 g/mol. The van der Waals surface area contributed by atoms with Gasteiger partial charge in [-0.05, 0) is 18.9 Å². The second-order valence-corrected chi connectivity index (χ2v) is 6.82. The number of carbonyl (C=O) groups is 1. The molecule has 0 aliphatic heterocycles. The Hall–Kier alpha value is -1.82. The van der Waals surface area contributed by atoms with E-state index in [0.29, 0.717) is 5.75 Å². The van der Waals surface area contributed by atoms with E-state index in [1.807, 2.05) is 29.8 Å². The van der Waals surface area contributed by atoms with Crippen molar-refractivity contribution in [2.75, 3.05) is 12.3 Å². The minimum Gasteiger partial charge on any atom is -0.355 e. The second kappa shape index (κ2) is 9.47. The van der Waals surface area contributed by atoms with Gasteiger partial charge in [0.2, 0.25) is 5.91 Å².